The quantitative estimate of drug-likeness (QED) is 0.790. The molecule has 2 aromatic rings. The molecule has 130 valence electrons. The first kappa shape index (κ1) is 16.3. The molecule has 1 atom stereocenters. The van der Waals surface area contributed by atoms with Gasteiger partial charge in [0.25, 0.3) is 0 Å². The summed E-state index contributed by atoms with van der Waals surface area (Å²) in [5.41, 5.74) is 1.07. The highest BCUT2D eigenvalue weighted by Gasteiger charge is 2.36. The number of hydrogen-bond donors (Lipinski definition) is 3. The highest BCUT2D eigenvalue weighted by atomic mass is 19.4. The molecule has 7 nitrogen and oxygen atoms in total. The summed E-state index contributed by atoms with van der Waals surface area (Å²) in [7, 11) is 1.41. The Hall–Kier alpha value is -2.52. The fraction of sp³-hybridized carbons (Fsp3) is 0.500. The number of aryl methyl sites for hydroxylation is 2. The van der Waals surface area contributed by atoms with Crippen molar-refractivity contribution >= 4 is 6.03 Å². The number of urea groups is 1. The number of alkyl halides is 3. The third kappa shape index (κ3) is 3.52. The van der Waals surface area contributed by atoms with Crippen molar-refractivity contribution in [2.75, 3.05) is 0 Å². The minimum atomic E-state index is -4.55. The number of carbonyl (C=O) groups excluding carboxylic acids is 1. The number of H-pyrrole nitrogens is 1. The van der Waals surface area contributed by atoms with Crippen molar-refractivity contribution in [2.45, 2.75) is 38.0 Å². The van der Waals surface area contributed by atoms with Crippen molar-refractivity contribution in [1.29, 1.82) is 0 Å². The molecule has 0 unspecified atom stereocenters. The average molecular weight is 342 g/mol. The number of fused-ring (bicyclic) bond motifs is 1. The maximum atomic E-state index is 12.9. The maximum Gasteiger partial charge on any atom is 0.435 e. The minimum Gasteiger partial charge on any atom is -0.335 e. The van der Waals surface area contributed by atoms with Crippen LogP contribution in [-0.4, -0.2) is 32.1 Å². The van der Waals surface area contributed by atoms with Crippen molar-refractivity contribution in [3.63, 3.8) is 0 Å². The van der Waals surface area contributed by atoms with E-state index in [2.05, 4.69) is 25.9 Å². The Balaban J connectivity index is 1.55. The zero-order chi connectivity index (χ0) is 17.3. The van der Waals surface area contributed by atoms with E-state index in [-0.39, 0.29) is 18.2 Å². The summed E-state index contributed by atoms with van der Waals surface area (Å²) >= 11 is 0. The Morgan fingerprint density at radius 2 is 2.29 bits per heavy atom. The highest BCUT2D eigenvalue weighted by molar-refractivity contribution is 5.74. The molecule has 10 heteroatoms. The van der Waals surface area contributed by atoms with Crippen molar-refractivity contribution in [2.24, 2.45) is 7.05 Å². The Labute approximate surface area is 135 Å². The summed E-state index contributed by atoms with van der Waals surface area (Å²) in [6, 6.07) is -0.560. The molecule has 0 saturated heterocycles. The summed E-state index contributed by atoms with van der Waals surface area (Å²) in [6.45, 7) is -0.238. The number of hydrogen-bond acceptors (Lipinski definition) is 3. The number of amides is 2. The fourth-order valence-electron chi connectivity index (χ4n) is 2.86. The summed E-state index contributed by atoms with van der Waals surface area (Å²) in [6.07, 6.45) is 0.619. The normalized spacial score (nSPS) is 17.4. The molecule has 0 fully saturated rings. The van der Waals surface area contributed by atoms with Gasteiger partial charge in [-0.3, -0.25) is 9.78 Å². The summed E-state index contributed by atoms with van der Waals surface area (Å²) in [5, 5.41) is 15.5. The molecular weight excluding hydrogens is 325 g/mol. The van der Waals surface area contributed by atoms with Crippen LogP contribution in [-0.2, 0) is 32.6 Å². The Bertz CT molecular complexity index is 735. The van der Waals surface area contributed by atoms with Gasteiger partial charge in [0, 0.05) is 37.1 Å². The molecule has 0 spiro atoms. The fourth-order valence-corrected chi connectivity index (χ4v) is 2.86. The lowest BCUT2D eigenvalue weighted by Gasteiger charge is -2.23. The Morgan fingerprint density at radius 1 is 1.50 bits per heavy atom. The molecule has 1 aliphatic carbocycles. The lowest BCUT2D eigenvalue weighted by atomic mass is 9.94. The zero-order valence-electron chi connectivity index (χ0n) is 12.9. The number of aromatic amines is 1. The van der Waals surface area contributed by atoms with Gasteiger partial charge in [0.05, 0.1) is 6.20 Å². The largest absolute Gasteiger partial charge is 0.435 e. The first-order chi connectivity index (χ1) is 11.3. The number of aromatic nitrogens is 4. The molecule has 2 amide bonds. The molecule has 0 aromatic carbocycles. The molecule has 3 N–H and O–H groups in total. The molecule has 3 rings (SSSR count). The zero-order valence-corrected chi connectivity index (χ0v) is 12.9. The lowest BCUT2D eigenvalue weighted by Crippen LogP contribution is -2.44. The van der Waals surface area contributed by atoms with Crippen molar-refractivity contribution in [3.05, 3.63) is 34.9 Å². The molecular formula is C14H17F3N6O. The first-order valence-corrected chi connectivity index (χ1v) is 7.48. The molecule has 1 aliphatic rings. The number of nitrogens with zero attached hydrogens (tertiary/aromatic N) is 3. The predicted molar refractivity (Wildman–Crippen MR) is 78.0 cm³/mol. The van der Waals surface area contributed by atoms with E-state index in [1.54, 1.807) is 6.20 Å². The minimum absolute atomic E-state index is 0.0638. The first-order valence-electron chi connectivity index (χ1n) is 7.48. The second-order valence-electron chi connectivity index (χ2n) is 5.81. The van der Waals surface area contributed by atoms with Crippen molar-refractivity contribution < 1.29 is 18.0 Å². The van der Waals surface area contributed by atoms with Gasteiger partial charge in [0.1, 0.15) is 0 Å². The number of halogens is 3. The molecule has 2 heterocycles. The summed E-state index contributed by atoms with van der Waals surface area (Å²) in [4.78, 5) is 11.9. The van der Waals surface area contributed by atoms with Gasteiger partial charge >= 0.3 is 12.2 Å². The van der Waals surface area contributed by atoms with E-state index < -0.39 is 17.9 Å². The Morgan fingerprint density at radius 3 is 3.04 bits per heavy atom. The van der Waals surface area contributed by atoms with Gasteiger partial charge < -0.3 is 10.6 Å². The van der Waals surface area contributed by atoms with Crippen LogP contribution in [0.3, 0.4) is 0 Å². The van der Waals surface area contributed by atoms with Gasteiger partial charge in [-0.15, -0.1) is 0 Å². The van der Waals surface area contributed by atoms with Gasteiger partial charge in [0.2, 0.25) is 0 Å². The van der Waals surface area contributed by atoms with E-state index in [0.29, 0.717) is 6.42 Å². The van der Waals surface area contributed by atoms with Crippen LogP contribution in [0.4, 0.5) is 18.0 Å². The monoisotopic (exact) mass is 342 g/mol. The van der Waals surface area contributed by atoms with Crippen molar-refractivity contribution in [3.8, 4) is 0 Å². The standard InChI is InChI=1S/C14H17F3N6O/c1-23-7-9(12(22-23)14(15,16)17)5-18-13(24)20-10-2-3-11-8(4-10)6-19-21-11/h6-7,10H,2-5H2,1H3,(H,19,21)(H2,18,20,24)/t10-/m1/s1. The third-order valence-electron chi connectivity index (χ3n) is 3.96. The SMILES string of the molecule is Cn1cc(CNC(=O)N[C@@H]2CCc3[nH]ncc3C2)c(C(F)(F)F)n1. The second kappa shape index (κ2) is 6.17. The van der Waals surface area contributed by atoms with E-state index in [0.717, 1.165) is 28.8 Å². The van der Waals surface area contributed by atoms with Crippen LogP contribution in [0.5, 0.6) is 0 Å². The van der Waals surface area contributed by atoms with Gasteiger partial charge in [-0.2, -0.15) is 23.4 Å². The maximum absolute atomic E-state index is 12.9. The van der Waals surface area contributed by atoms with Crippen molar-refractivity contribution in [1.82, 2.24) is 30.6 Å². The van der Waals surface area contributed by atoms with Gasteiger partial charge in [-0.1, -0.05) is 0 Å². The molecule has 2 aromatic heterocycles. The van der Waals surface area contributed by atoms with Crippen LogP contribution in [0.15, 0.2) is 12.4 Å². The van der Waals surface area contributed by atoms with Crippen LogP contribution < -0.4 is 10.6 Å². The molecule has 0 saturated carbocycles. The molecule has 0 bridgehead atoms. The molecule has 0 radical (unpaired) electrons. The van der Waals surface area contributed by atoms with E-state index in [9.17, 15) is 18.0 Å². The van der Waals surface area contributed by atoms with E-state index in [4.69, 9.17) is 0 Å². The topological polar surface area (TPSA) is 87.6 Å². The van der Waals surface area contributed by atoms with E-state index >= 15 is 0 Å². The summed E-state index contributed by atoms with van der Waals surface area (Å²) in [5.74, 6) is 0. The molecule has 0 aliphatic heterocycles. The number of rotatable bonds is 3. The van der Waals surface area contributed by atoms with Crippen LogP contribution in [0.2, 0.25) is 0 Å². The van der Waals surface area contributed by atoms with E-state index in [1.165, 1.54) is 13.2 Å². The number of nitrogens with one attached hydrogen (secondary N) is 3. The Kier molecular flexibility index (Phi) is 4.20. The van der Waals surface area contributed by atoms with E-state index in [1.807, 2.05) is 0 Å². The second-order valence-corrected chi connectivity index (χ2v) is 5.81. The molecule has 24 heavy (non-hydrogen) atoms. The van der Waals surface area contributed by atoms with Crippen LogP contribution in [0.25, 0.3) is 0 Å². The predicted octanol–water partition coefficient (Wildman–Crippen LogP) is 1.52. The lowest BCUT2D eigenvalue weighted by molar-refractivity contribution is -0.142. The van der Waals surface area contributed by atoms with Gasteiger partial charge in [-0.05, 0) is 24.8 Å². The third-order valence-corrected chi connectivity index (χ3v) is 3.96. The van der Waals surface area contributed by atoms with Crippen LogP contribution in [0, 0.1) is 0 Å². The number of carbonyl (C=O) groups is 1. The summed E-state index contributed by atoms with van der Waals surface area (Å²) < 4.78 is 39.7. The van der Waals surface area contributed by atoms with Crippen LogP contribution >= 0.6 is 0 Å². The average Bonchev–Trinajstić information content (AvgIpc) is 3.10. The smallest absolute Gasteiger partial charge is 0.335 e. The van der Waals surface area contributed by atoms with Crippen LogP contribution in [0.1, 0.15) is 28.9 Å². The van der Waals surface area contributed by atoms with Gasteiger partial charge in [0.15, 0.2) is 5.69 Å². The highest BCUT2D eigenvalue weighted by Crippen LogP contribution is 2.30. The van der Waals surface area contributed by atoms with Gasteiger partial charge in [-0.25, -0.2) is 4.79 Å².